The molecule has 30 heavy (non-hydrogen) atoms. The van der Waals surface area contributed by atoms with Crippen molar-refractivity contribution in [2.45, 2.75) is 38.7 Å². The molecule has 2 aromatic carbocycles. The largest absolute Gasteiger partial charge is 0.376 e. The van der Waals surface area contributed by atoms with Crippen LogP contribution in [0.1, 0.15) is 18.4 Å². The summed E-state index contributed by atoms with van der Waals surface area (Å²) in [5.74, 6) is 0.160. The van der Waals surface area contributed by atoms with E-state index in [1.54, 1.807) is 28.9 Å². The minimum Gasteiger partial charge on any atom is -0.376 e. The van der Waals surface area contributed by atoms with Gasteiger partial charge in [-0.05, 0) is 74.1 Å². The molecule has 4 rings (SSSR count). The van der Waals surface area contributed by atoms with Gasteiger partial charge in [-0.2, -0.15) is 5.10 Å². The number of benzene rings is 2. The van der Waals surface area contributed by atoms with Gasteiger partial charge in [0.2, 0.25) is 0 Å². The molecule has 1 aromatic heterocycles. The fraction of sp³-hybridized carbons (Fsp3) is 0.364. The van der Waals surface area contributed by atoms with Crippen LogP contribution in [0.3, 0.4) is 0 Å². The van der Waals surface area contributed by atoms with Crippen LogP contribution < -0.4 is 0 Å². The van der Waals surface area contributed by atoms with Gasteiger partial charge in [-0.1, -0.05) is 12.1 Å². The lowest BCUT2D eigenvalue weighted by molar-refractivity contribution is 0.0967. The van der Waals surface area contributed by atoms with Crippen molar-refractivity contribution in [3.63, 3.8) is 0 Å². The van der Waals surface area contributed by atoms with Crippen LogP contribution in [0.2, 0.25) is 0 Å². The maximum absolute atomic E-state index is 13.4. The van der Waals surface area contributed by atoms with E-state index in [1.807, 2.05) is 11.6 Å². The quantitative estimate of drug-likeness (QED) is 0.512. The molecule has 1 aliphatic heterocycles. The number of halogens is 2. The second-order valence-electron chi connectivity index (χ2n) is 7.64. The molecule has 158 valence electrons. The molecule has 0 amide bonds. The first-order chi connectivity index (χ1) is 14.5. The van der Waals surface area contributed by atoms with Gasteiger partial charge in [-0.3, -0.25) is 9.47 Å². The molecule has 0 saturated carbocycles. The second-order valence-corrected chi connectivity index (χ2v) is 8.01. The van der Waals surface area contributed by atoms with E-state index < -0.39 is 0 Å². The molecule has 2 heterocycles. The summed E-state index contributed by atoms with van der Waals surface area (Å²) in [6, 6.07) is 12.7. The fourth-order valence-electron chi connectivity index (χ4n) is 3.68. The molecule has 0 N–H and O–H groups in total. The van der Waals surface area contributed by atoms with Gasteiger partial charge in [0.1, 0.15) is 11.6 Å². The molecule has 1 atom stereocenters. The van der Waals surface area contributed by atoms with E-state index in [0.717, 1.165) is 30.6 Å². The standard InChI is InChI=1S/C22H24F2N4OS/c1-26(13-16-4-8-18(23)9-5-16)15-28-22(30)27(14-20-3-2-12-29-20)21(25-28)17-6-10-19(24)11-7-17/h4-11,20H,2-3,12-15H2,1H3. The Kier molecular flexibility index (Phi) is 6.36. The van der Waals surface area contributed by atoms with Gasteiger partial charge in [-0.15, -0.1) is 0 Å². The Morgan fingerprint density at radius 3 is 2.40 bits per heavy atom. The van der Waals surface area contributed by atoms with Gasteiger partial charge in [-0.25, -0.2) is 13.5 Å². The smallest absolute Gasteiger partial charge is 0.199 e. The van der Waals surface area contributed by atoms with E-state index in [-0.39, 0.29) is 17.7 Å². The van der Waals surface area contributed by atoms with Crippen LogP contribution in [-0.4, -0.2) is 39.0 Å². The highest BCUT2D eigenvalue weighted by Gasteiger charge is 2.21. The average molecular weight is 431 g/mol. The van der Waals surface area contributed by atoms with Crippen molar-refractivity contribution >= 4 is 12.2 Å². The Hall–Kier alpha value is -2.42. The third-order valence-corrected chi connectivity index (χ3v) is 5.61. The van der Waals surface area contributed by atoms with E-state index in [2.05, 4.69) is 4.90 Å². The van der Waals surface area contributed by atoms with Crippen molar-refractivity contribution in [2.24, 2.45) is 0 Å². The van der Waals surface area contributed by atoms with Crippen molar-refractivity contribution in [3.05, 3.63) is 70.5 Å². The molecule has 0 bridgehead atoms. The fourth-order valence-corrected chi connectivity index (χ4v) is 3.94. The summed E-state index contributed by atoms with van der Waals surface area (Å²) < 4.78 is 36.7. The normalized spacial score (nSPS) is 16.5. The maximum Gasteiger partial charge on any atom is 0.199 e. The first-order valence-corrected chi connectivity index (χ1v) is 10.4. The Labute approximate surface area is 179 Å². The van der Waals surface area contributed by atoms with Gasteiger partial charge in [0.25, 0.3) is 0 Å². The number of aromatic nitrogens is 3. The first-order valence-electron chi connectivity index (χ1n) is 9.98. The SMILES string of the molecule is CN(Cc1ccc(F)cc1)Cn1nc(-c2ccc(F)cc2)n(CC2CCCO2)c1=S. The molecular formula is C22H24F2N4OS. The Balaban J connectivity index is 1.59. The lowest BCUT2D eigenvalue weighted by atomic mass is 10.2. The van der Waals surface area contributed by atoms with Crippen LogP contribution in [0.15, 0.2) is 48.5 Å². The summed E-state index contributed by atoms with van der Waals surface area (Å²) in [5.41, 5.74) is 1.81. The summed E-state index contributed by atoms with van der Waals surface area (Å²) in [7, 11) is 1.96. The average Bonchev–Trinajstić information content (AvgIpc) is 3.34. The zero-order chi connectivity index (χ0) is 21.1. The number of nitrogens with zero attached hydrogens (tertiary/aromatic N) is 4. The molecule has 0 spiro atoms. The lowest BCUT2D eigenvalue weighted by Crippen LogP contribution is -2.23. The van der Waals surface area contributed by atoms with Gasteiger partial charge < -0.3 is 4.74 Å². The summed E-state index contributed by atoms with van der Waals surface area (Å²) >= 11 is 5.73. The third-order valence-electron chi connectivity index (χ3n) is 5.18. The second kappa shape index (κ2) is 9.16. The van der Waals surface area contributed by atoms with Crippen LogP contribution in [0.5, 0.6) is 0 Å². The Morgan fingerprint density at radius 2 is 1.77 bits per heavy atom. The van der Waals surface area contributed by atoms with E-state index in [9.17, 15) is 8.78 Å². The summed E-state index contributed by atoms with van der Waals surface area (Å²) in [6.45, 7) is 2.49. The highest BCUT2D eigenvalue weighted by Crippen LogP contribution is 2.22. The van der Waals surface area contributed by atoms with Crippen molar-refractivity contribution in [1.82, 2.24) is 19.2 Å². The zero-order valence-corrected chi connectivity index (χ0v) is 17.6. The summed E-state index contributed by atoms with van der Waals surface area (Å²) in [4.78, 5) is 2.06. The molecule has 5 nitrogen and oxygen atoms in total. The highest BCUT2D eigenvalue weighted by atomic mass is 32.1. The molecule has 3 aromatic rings. The maximum atomic E-state index is 13.4. The van der Waals surface area contributed by atoms with E-state index in [1.165, 1.54) is 24.3 Å². The molecule has 8 heteroatoms. The minimum atomic E-state index is -0.290. The van der Waals surface area contributed by atoms with E-state index in [0.29, 0.717) is 30.4 Å². The molecule has 1 unspecified atom stereocenters. The monoisotopic (exact) mass is 430 g/mol. The summed E-state index contributed by atoms with van der Waals surface area (Å²) in [6.07, 6.45) is 2.13. The van der Waals surface area contributed by atoms with Crippen molar-refractivity contribution < 1.29 is 13.5 Å². The molecule has 1 aliphatic rings. The van der Waals surface area contributed by atoms with Crippen molar-refractivity contribution in [2.75, 3.05) is 13.7 Å². The highest BCUT2D eigenvalue weighted by molar-refractivity contribution is 7.71. The topological polar surface area (TPSA) is 35.2 Å². The van der Waals surface area contributed by atoms with Crippen LogP contribution in [0, 0.1) is 16.4 Å². The number of hydrogen-bond acceptors (Lipinski definition) is 4. The Morgan fingerprint density at radius 1 is 1.10 bits per heavy atom. The van der Waals surface area contributed by atoms with Gasteiger partial charge in [0, 0.05) is 18.7 Å². The predicted molar refractivity (Wildman–Crippen MR) is 113 cm³/mol. The van der Waals surface area contributed by atoms with Crippen LogP contribution in [0.4, 0.5) is 8.78 Å². The van der Waals surface area contributed by atoms with Crippen LogP contribution in [-0.2, 0) is 24.5 Å². The van der Waals surface area contributed by atoms with Gasteiger partial charge >= 0.3 is 0 Å². The summed E-state index contributed by atoms with van der Waals surface area (Å²) in [5, 5.41) is 4.74. The zero-order valence-electron chi connectivity index (χ0n) is 16.8. The number of ether oxygens (including phenoxy) is 1. The van der Waals surface area contributed by atoms with E-state index >= 15 is 0 Å². The van der Waals surface area contributed by atoms with Crippen LogP contribution in [0.25, 0.3) is 11.4 Å². The third kappa shape index (κ3) is 4.83. The van der Waals surface area contributed by atoms with Crippen molar-refractivity contribution in [1.29, 1.82) is 0 Å². The number of hydrogen-bond donors (Lipinski definition) is 0. The predicted octanol–water partition coefficient (Wildman–Crippen LogP) is 4.63. The Bertz CT molecular complexity index is 1040. The molecular weight excluding hydrogens is 406 g/mol. The van der Waals surface area contributed by atoms with E-state index in [4.69, 9.17) is 22.1 Å². The molecule has 1 saturated heterocycles. The van der Waals surface area contributed by atoms with Gasteiger partial charge in [0.05, 0.1) is 19.3 Å². The van der Waals surface area contributed by atoms with Gasteiger partial charge in [0.15, 0.2) is 10.6 Å². The molecule has 1 fully saturated rings. The first kappa shape index (κ1) is 20.8. The van der Waals surface area contributed by atoms with Crippen molar-refractivity contribution in [3.8, 4) is 11.4 Å². The lowest BCUT2D eigenvalue weighted by Gasteiger charge is -2.16. The molecule has 0 aliphatic carbocycles. The minimum absolute atomic E-state index is 0.102. The molecule has 0 radical (unpaired) electrons. The van der Waals surface area contributed by atoms with Crippen LogP contribution >= 0.6 is 12.2 Å². The number of rotatable bonds is 7.